The number of hydrogen-bond donors (Lipinski definition) is 1. The summed E-state index contributed by atoms with van der Waals surface area (Å²) in [5.74, 6) is 0.452. The van der Waals surface area contributed by atoms with E-state index >= 15 is 0 Å². The minimum atomic E-state index is -0.233. The fourth-order valence-corrected chi connectivity index (χ4v) is 1.78. The molecule has 3 heteroatoms. The number of carbonyl (C=O) groups is 1. The van der Waals surface area contributed by atoms with Crippen molar-refractivity contribution in [1.82, 2.24) is 0 Å². The van der Waals surface area contributed by atoms with Gasteiger partial charge in [0.1, 0.15) is 0 Å². The van der Waals surface area contributed by atoms with Crippen LogP contribution in [-0.4, -0.2) is 11.7 Å². The first-order valence-corrected chi connectivity index (χ1v) is 5.16. The van der Waals surface area contributed by atoms with Gasteiger partial charge < -0.3 is 5.73 Å². The molecule has 0 fully saturated rings. The van der Waals surface area contributed by atoms with Crippen molar-refractivity contribution in [3.8, 4) is 0 Å². The van der Waals surface area contributed by atoms with Crippen LogP contribution in [0.3, 0.4) is 0 Å². The molecular formula is C10H13NOS. The van der Waals surface area contributed by atoms with Gasteiger partial charge in [-0.3, -0.25) is 4.79 Å². The van der Waals surface area contributed by atoms with Gasteiger partial charge in [0.2, 0.25) is 5.91 Å². The standard InChI is InChI=1S/C10H13NOS/c1-8(10(11)12)7-13-9-5-3-2-4-6-9/h2-6,8H,7H2,1H3,(H2,11,12)/t8-/m1/s1. The van der Waals surface area contributed by atoms with Crippen LogP contribution in [0, 0.1) is 5.92 Å². The third-order valence-electron chi connectivity index (χ3n) is 1.73. The second-order valence-corrected chi connectivity index (χ2v) is 4.02. The summed E-state index contributed by atoms with van der Waals surface area (Å²) in [6.07, 6.45) is 0. The number of nitrogens with two attached hydrogens (primary N) is 1. The maximum atomic E-state index is 10.7. The lowest BCUT2D eigenvalue weighted by Gasteiger charge is -2.05. The Morgan fingerprint density at radius 2 is 2.08 bits per heavy atom. The van der Waals surface area contributed by atoms with E-state index < -0.39 is 0 Å². The van der Waals surface area contributed by atoms with Crippen LogP contribution in [0.1, 0.15) is 6.92 Å². The van der Waals surface area contributed by atoms with Crippen LogP contribution in [0.2, 0.25) is 0 Å². The first-order valence-electron chi connectivity index (χ1n) is 4.17. The zero-order chi connectivity index (χ0) is 9.68. The van der Waals surface area contributed by atoms with Gasteiger partial charge in [-0.15, -0.1) is 11.8 Å². The van der Waals surface area contributed by atoms with Crippen LogP contribution in [0.5, 0.6) is 0 Å². The van der Waals surface area contributed by atoms with Gasteiger partial charge in [-0.25, -0.2) is 0 Å². The Balaban J connectivity index is 2.39. The fraction of sp³-hybridized carbons (Fsp3) is 0.300. The SMILES string of the molecule is C[C@H](CSc1ccccc1)C(N)=O. The van der Waals surface area contributed by atoms with Crippen molar-refractivity contribution in [2.75, 3.05) is 5.75 Å². The van der Waals surface area contributed by atoms with E-state index in [0.717, 1.165) is 5.75 Å². The van der Waals surface area contributed by atoms with Gasteiger partial charge in [0.25, 0.3) is 0 Å². The molecular weight excluding hydrogens is 182 g/mol. The molecule has 0 saturated heterocycles. The topological polar surface area (TPSA) is 43.1 Å². The number of primary amides is 1. The predicted molar refractivity (Wildman–Crippen MR) is 55.5 cm³/mol. The van der Waals surface area contributed by atoms with Crippen molar-refractivity contribution in [3.05, 3.63) is 30.3 Å². The number of benzene rings is 1. The van der Waals surface area contributed by atoms with Gasteiger partial charge in [0.15, 0.2) is 0 Å². The lowest BCUT2D eigenvalue weighted by atomic mass is 10.2. The fourth-order valence-electron chi connectivity index (χ4n) is 0.820. The molecule has 2 N–H and O–H groups in total. The third-order valence-corrected chi connectivity index (χ3v) is 3.00. The molecule has 0 heterocycles. The molecule has 70 valence electrons. The zero-order valence-corrected chi connectivity index (χ0v) is 8.38. The van der Waals surface area contributed by atoms with Gasteiger partial charge in [-0.1, -0.05) is 25.1 Å². The third kappa shape index (κ3) is 3.51. The molecule has 1 atom stereocenters. The highest BCUT2D eigenvalue weighted by Crippen LogP contribution is 2.19. The summed E-state index contributed by atoms with van der Waals surface area (Å²) in [4.78, 5) is 11.9. The average Bonchev–Trinajstić information content (AvgIpc) is 2.15. The number of carbonyl (C=O) groups excluding carboxylic acids is 1. The Morgan fingerprint density at radius 3 is 2.62 bits per heavy atom. The molecule has 0 aliphatic carbocycles. The Hall–Kier alpha value is -0.960. The first kappa shape index (κ1) is 10.1. The lowest BCUT2D eigenvalue weighted by Crippen LogP contribution is -2.22. The van der Waals surface area contributed by atoms with Crippen LogP contribution in [0.4, 0.5) is 0 Å². The highest BCUT2D eigenvalue weighted by atomic mass is 32.2. The van der Waals surface area contributed by atoms with Crippen molar-refractivity contribution in [2.45, 2.75) is 11.8 Å². The van der Waals surface area contributed by atoms with Crippen LogP contribution < -0.4 is 5.73 Å². The summed E-state index contributed by atoms with van der Waals surface area (Å²) in [6.45, 7) is 1.85. The molecule has 2 nitrogen and oxygen atoms in total. The van der Waals surface area contributed by atoms with Crippen LogP contribution >= 0.6 is 11.8 Å². The first-order chi connectivity index (χ1) is 6.20. The highest BCUT2D eigenvalue weighted by molar-refractivity contribution is 7.99. The maximum Gasteiger partial charge on any atom is 0.221 e. The summed E-state index contributed by atoms with van der Waals surface area (Å²) in [6, 6.07) is 9.99. The van der Waals surface area contributed by atoms with E-state index in [2.05, 4.69) is 0 Å². The van der Waals surface area contributed by atoms with Gasteiger partial charge >= 0.3 is 0 Å². The van der Waals surface area contributed by atoms with E-state index in [4.69, 9.17) is 5.73 Å². The molecule has 1 amide bonds. The largest absolute Gasteiger partial charge is 0.369 e. The molecule has 0 aliphatic heterocycles. The number of rotatable bonds is 4. The van der Waals surface area contributed by atoms with Crippen molar-refractivity contribution in [1.29, 1.82) is 0 Å². The highest BCUT2D eigenvalue weighted by Gasteiger charge is 2.08. The average molecular weight is 195 g/mol. The summed E-state index contributed by atoms with van der Waals surface area (Å²) in [5, 5.41) is 0. The molecule has 0 bridgehead atoms. The van der Waals surface area contributed by atoms with Gasteiger partial charge in [0, 0.05) is 16.6 Å². The molecule has 1 aromatic rings. The van der Waals surface area contributed by atoms with Crippen molar-refractivity contribution in [3.63, 3.8) is 0 Å². The maximum absolute atomic E-state index is 10.7. The van der Waals surface area contributed by atoms with Crippen molar-refractivity contribution in [2.24, 2.45) is 11.7 Å². The van der Waals surface area contributed by atoms with Gasteiger partial charge in [0.05, 0.1) is 0 Å². The Bertz CT molecular complexity index is 274. The summed E-state index contributed by atoms with van der Waals surface area (Å²) in [7, 11) is 0. The van der Waals surface area contributed by atoms with E-state index in [1.807, 2.05) is 37.3 Å². The molecule has 0 spiro atoms. The van der Waals surface area contributed by atoms with Gasteiger partial charge in [-0.05, 0) is 12.1 Å². The van der Waals surface area contributed by atoms with E-state index in [1.165, 1.54) is 4.90 Å². The minimum Gasteiger partial charge on any atom is -0.369 e. The van der Waals surface area contributed by atoms with Crippen molar-refractivity contribution < 1.29 is 4.79 Å². The second-order valence-electron chi connectivity index (χ2n) is 2.93. The smallest absolute Gasteiger partial charge is 0.221 e. The number of amides is 1. The number of thioether (sulfide) groups is 1. The molecule has 0 unspecified atom stereocenters. The normalized spacial score (nSPS) is 12.4. The Labute approximate surface area is 82.5 Å². The summed E-state index contributed by atoms with van der Waals surface area (Å²) >= 11 is 1.66. The van der Waals surface area contributed by atoms with E-state index in [0.29, 0.717) is 0 Å². The summed E-state index contributed by atoms with van der Waals surface area (Å²) in [5.41, 5.74) is 5.15. The minimum absolute atomic E-state index is 0.0646. The van der Waals surface area contributed by atoms with Crippen LogP contribution in [0.25, 0.3) is 0 Å². The quantitative estimate of drug-likeness (QED) is 0.746. The Morgan fingerprint density at radius 1 is 1.46 bits per heavy atom. The lowest BCUT2D eigenvalue weighted by molar-refractivity contribution is -0.120. The molecule has 13 heavy (non-hydrogen) atoms. The van der Waals surface area contributed by atoms with Crippen molar-refractivity contribution >= 4 is 17.7 Å². The summed E-state index contributed by atoms with van der Waals surface area (Å²) < 4.78 is 0. The number of hydrogen-bond acceptors (Lipinski definition) is 2. The second kappa shape index (κ2) is 4.92. The molecule has 1 rings (SSSR count). The van der Waals surface area contributed by atoms with Gasteiger partial charge in [-0.2, -0.15) is 0 Å². The molecule has 0 radical (unpaired) electrons. The molecule has 1 aromatic carbocycles. The van der Waals surface area contributed by atoms with Crippen LogP contribution in [-0.2, 0) is 4.79 Å². The molecule has 0 aromatic heterocycles. The van der Waals surface area contributed by atoms with E-state index in [9.17, 15) is 4.79 Å². The van der Waals surface area contributed by atoms with E-state index in [1.54, 1.807) is 11.8 Å². The monoisotopic (exact) mass is 195 g/mol. The van der Waals surface area contributed by atoms with E-state index in [-0.39, 0.29) is 11.8 Å². The zero-order valence-electron chi connectivity index (χ0n) is 7.57. The predicted octanol–water partition coefficient (Wildman–Crippen LogP) is 1.90. The molecule has 0 saturated carbocycles. The Kier molecular flexibility index (Phi) is 3.83. The molecule has 0 aliphatic rings. The van der Waals surface area contributed by atoms with Crippen LogP contribution in [0.15, 0.2) is 35.2 Å².